The van der Waals surface area contributed by atoms with Gasteiger partial charge in [-0.05, 0) is 100 Å². The van der Waals surface area contributed by atoms with Gasteiger partial charge in [-0.3, -0.25) is 0 Å². The standard InChI is InChI=1S/C56H32N4/c57-33-38-19-11-23-40-39(38)22-12-25-43(40)47-28-27-45-41-20-7-8-21-42(41)46-29-30-48(53(47)52(45)46)44-24-9-17-36-32-51-37(31-50(36)44)18-10-26-49(51)56-59-54(34-13-3-1-4-14-34)58-55(60-56)35-15-5-2-6-16-35/h1-32H. The van der Waals surface area contributed by atoms with E-state index in [-0.39, 0.29) is 0 Å². The summed E-state index contributed by atoms with van der Waals surface area (Å²) < 4.78 is 0. The van der Waals surface area contributed by atoms with Gasteiger partial charge >= 0.3 is 0 Å². The minimum atomic E-state index is 0.634. The van der Waals surface area contributed by atoms with Crippen molar-refractivity contribution in [1.82, 2.24) is 15.0 Å². The van der Waals surface area contributed by atoms with Crippen molar-refractivity contribution in [2.75, 3.05) is 0 Å². The van der Waals surface area contributed by atoms with E-state index in [1.165, 1.54) is 44.0 Å². The van der Waals surface area contributed by atoms with Crippen molar-refractivity contribution in [2.24, 2.45) is 0 Å². The van der Waals surface area contributed by atoms with Crippen molar-refractivity contribution >= 4 is 43.1 Å². The number of hydrogen-bond acceptors (Lipinski definition) is 4. The van der Waals surface area contributed by atoms with Crippen molar-refractivity contribution in [3.05, 3.63) is 200 Å². The summed E-state index contributed by atoms with van der Waals surface area (Å²) in [4.78, 5) is 15.1. The van der Waals surface area contributed by atoms with E-state index >= 15 is 0 Å². The molecule has 60 heavy (non-hydrogen) atoms. The molecule has 4 heteroatoms. The highest BCUT2D eigenvalue weighted by Gasteiger charge is 2.26. The number of aromatic nitrogens is 3. The third-order valence-electron chi connectivity index (χ3n) is 12.1. The zero-order valence-corrected chi connectivity index (χ0v) is 32.3. The Hall–Kier alpha value is -8.26. The molecule has 0 atom stereocenters. The molecule has 0 aliphatic heterocycles. The van der Waals surface area contributed by atoms with Crippen LogP contribution in [0.25, 0.3) is 122 Å². The lowest BCUT2D eigenvalue weighted by molar-refractivity contribution is 1.08. The lowest BCUT2D eigenvalue weighted by atomic mass is 9.85. The van der Waals surface area contributed by atoms with Gasteiger partial charge < -0.3 is 0 Å². The van der Waals surface area contributed by atoms with Crippen molar-refractivity contribution in [3.63, 3.8) is 0 Å². The van der Waals surface area contributed by atoms with Crippen LogP contribution in [0.1, 0.15) is 5.56 Å². The molecular formula is C56H32N4. The van der Waals surface area contributed by atoms with Crippen LogP contribution in [0.2, 0.25) is 0 Å². The molecule has 0 spiro atoms. The Morgan fingerprint density at radius 3 is 1.28 bits per heavy atom. The first kappa shape index (κ1) is 33.8. The number of nitriles is 1. The number of benzene rings is 10. The van der Waals surface area contributed by atoms with Crippen LogP contribution in [-0.2, 0) is 0 Å². The molecule has 276 valence electrons. The molecule has 0 unspecified atom stereocenters. The largest absolute Gasteiger partial charge is 0.208 e. The van der Waals surface area contributed by atoms with Crippen LogP contribution in [0.15, 0.2) is 194 Å². The van der Waals surface area contributed by atoms with Gasteiger partial charge in [-0.2, -0.15) is 5.26 Å². The number of hydrogen-bond donors (Lipinski definition) is 0. The van der Waals surface area contributed by atoms with E-state index in [0.29, 0.717) is 23.0 Å². The van der Waals surface area contributed by atoms with E-state index < -0.39 is 0 Å². The molecular weight excluding hydrogens is 729 g/mol. The van der Waals surface area contributed by atoms with Gasteiger partial charge in [0.1, 0.15) is 0 Å². The van der Waals surface area contributed by atoms with Crippen LogP contribution in [0, 0.1) is 11.3 Å². The summed E-state index contributed by atoms with van der Waals surface area (Å²) in [5.41, 5.74) is 13.1. The first-order chi connectivity index (χ1) is 29.7. The molecule has 0 N–H and O–H groups in total. The Morgan fingerprint density at radius 1 is 0.300 bits per heavy atom. The van der Waals surface area contributed by atoms with Crippen LogP contribution < -0.4 is 0 Å². The summed E-state index contributed by atoms with van der Waals surface area (Å²) in [5, 5.41) is 19.0. The van der Waals surface area contributed by atoms with E-state index in [9.17, 15) is 5.26 Å². The van der Waals surface area contributed by atoms with Gasteiger partial charge in [0, 0.05) is 22.1 Å². The fourth-order valence-corrected chi connectivity index (χ4v) is 9.40. The summed E-state index contributed by atoms with van der Waals surface area (Å²) >= 11 is 0. The Kier molecular flexibility index (Phi) is 7.57. The maximum Gasteiger partial charge on any atom is 0.164 e. The molecule has 0 saturated carbocycles. The summed E-state index contributed by atoms with van der Waals surface area (Å²) in [6, 6.07) is 70.6. The highest BCUT2D eigenvalue weighted by molar-refractivity contribution is 6.25. The molecule has 0 amide bonds. The lowest BCUT2D eigenvalue weighted by Gasteiger charge is -2.18. The minimum absolute atomic E-state index is 0.634. The summed E-state index contributed by atoms with van der Waals surface area (Å²) in [7, 11) is 0. The second-order valence-electron chi connectivity index (χ2n) is 15.4. The molecule has 11 aromatic rings. The molecule has 0 saturated heterocycles. The molecule has 0 bridgehead atoms. The second kappa shape index (κ2) is 13.4. The van der Waals surface area contributed by atoms with Gasteiger partial charge in [0.2, 0.25) is 0 Å². The van der Waals surface area contributed by atoms with Gasteiger partial charge in [0.25, 0.3) is 0 Å². The summed E-state index contributed by atoms with van der Waals surface area (Å²) in [6.07, 6.45) is 0. The minimum Gasteiger partial charge on any atom is -0.208 e. The van der Waals surface area contributed by atoms with Crippen molar-refractivity contribution in [2.45, 2.75) is 0 Å². The molecule has 10 aromatic carbocycles. The van der Waals surface area contributed by atoms with Crippen molar-refractivity contribution in [3.8, 4) is 84.7 Å². The normalized spacial score (nSPS) is 11.7. The zero-order chi connectivity index (χ0) is 39.7. The summed E-state index contributed by atoms with van der Waals surface area (Å²) in [6.45, 7) is 0. The fraction of sp³-hybridized carbons (Fsp3) is 0. The molecule has 0 fully saturated rings. The van der Waals surface area contributed by atoms with Crippen molar-refractivity contribution < 1.29 is 0 Å². The SMILES string of the molecule is N#Cc1cccc2c(-c3ccc4c5c(ccc(-c6cccc7cc8c(-c9nc(-c%10ccccc%10)nc(-c%10ccccc%10)n9)cccc8cc67)c35)-c3ccccc3-4)cccc12. The molecule has 1 aliphatic rings. The first-order valence-electron chi connectivity index (χ1n) is 20.2. The Labute approximate surface area is 346 Å². The maximum atomic E-state index is 10.1. The Morgan fingerprint density at radius 2 is 0.717 bits per heavy atom. The lowest BCUT2D eigenvalue weighted by Crippen LogP contribution is -2.00. The number of fused-ring (bicyclic) bond motifs is 6. The Bertz CT molecular complexity index is 3520. The van der Waals surface area contributed by atoms with Crippen LogP contribution in [0.5, 0.6) is 0 Å². The monoisotopic (exact) mass is 760 g/mol. The smallest absolute Gasteiger partial charge is 0.164 e. The fourth-order valence-electron chi connectivity index (χ4n) is 9.40. The highest BCUT2D eigenvalue weighted by Crippen LogP contribution is 2.53. The molecule has 1 aromatic heterocycles. The zero-order valence-electron chi connectivity index (χ0n) is 32.3. The molecule has 4 nitrogen and oxygen atoms in total. The number of nitrogens with zero attached hydrogens (tertiary/aromatic N) is 4. The predicted octanol–water partition coefficient (Wildman–Crippen LogP) is 14.3. The van der Waals surface area contributed by atoms with Gasteiger partial charge in [-0.15, -0.1) is 0 Å². The summed E-state index contributed by atoms with van der Waals surface area (Å²) in [5.74, 6) is 1.91. The molecule has 1 aliphatic carbocycles. The first-order valence-corrected chi connectivity index (χ1v) is 20.2. The molecule has 12 rings (SSSR count). The van der Waals surface area contributed by atoms with E-state index in [2.05, 4.69) is 127 Å². The number of rotatable bonds is 5. The molecule has 0 radical (unpaired) electrons. The highest BCUT2D eigenvalue weighted by atomic mass is 15.0. The Balaban J connectivity index is 1.10. The van der Waals surface area contributed by atoms with Gasteiger partial charge in [-0.25, -0.2) is 15.0 Å². The maximum absolute atomic E-state index is 10.1. The van der Waals surface area contributed by atoms with Gasteiger partial charge in [-0.1, -0.05) is 176 Å². The third-order valence-corrected chi connectivity index (χ3v) is 12.1. The topological polar surface area (TPSA) is 62.5 Å². The quantitative estimate of drug-likeness (QED) is 0.164. The van der Waals surface area contributed by atoms with E-state index in [0.717, 1.165) is 60.3 Å². The predicted molar refractivity (Wildman–Crippen MR) is 246 cm³/mol. The van der Waals surface area contributed by atoms with E-state index in [1.54, 1.807) is 0 Å². The average molecular weight is 761 g/mol. The van der Waals surface area contributed by atoms with Gasteiger partial charge in [0.15, 0.2) is 17.5 Å². The van der Waals surface area contributed by atoms with Crippen LogP contribution >= 0.6 is 0 Å². The van der Waals surface area contributed by atoms with E-state index in [1.807, 2.05) is 72.8 Å². The van der Waals surface area contributed by atoms with Crippen LogP contribution in [0.3, 0.4) is 0 Å². The van der Waals surface area contributed by atoms with E-state index in [4.69, 9.17) is 15.0 Å². The average Bonchev–Trinajstić information content (AvgIpc) is 3.65. The third kappa shape index (κ3) is 5.20. The second-order valence-corrected chi connectivity index (χ2v) is 15.4. The van der Waals surface area contributed by atoms with Crippen LogP contribution in [0.4, 0.5) is 0 Å². The van der Waals surface area contributed by atoms with Crippen LogP contribution in [-0.4, -0.2) is 15.0 Å². The van der Waals surface area contributed by atoms with Gasteiger partial charge in [0.05, 0.1) is 11.6 Å². The molecule has 1 heterocycles. The van der Waals surface area contributed by atoms with Crippen molar-refractivity contribution in [1.29, 1.82) is 5.26 Å².